The van der Waals surface area contributed by atoms with Gasteiger partial charge in [-0.3, -0.25) is 5.32 Å². The summed E-state index contributed by atoms with van der Waals surface area (Å²) in [6, 6.07) is 4.11. The number of aryl methyl sites for hydroxylation is 1. The second kappa shape index (κ2) is 2.75. The van der Waals surface area contributed by atoms with E-state index in [4.69, 9.17) is 0 Å². The Morgan fingerprint density at radius 3 is 3.25 bits per heavy atom. The molecular formula is C9H13N2O+. The van der Waals surface area contributed by atoms with Crippen LogP contribution in [-0.2, 0) is 6.54 Å². The third-order valence-electron chi connectivity index (χ3n) is 2.10. The van der Waals surface area contributed by atoms with Crippen LogP contribution in [0.4, 0.5) is 5.82 Å². The molecule has 1 aliphatic heterocycles. The lowest BCUT2D eigenvalue weighted by Crippen LogP contribution is -2.49. The van der Waals surface area contributed by atoms with Crippen LogP contribution in [0.2, 0.25) is 0 Å². The lowest BCUT2D eigenvalue weighted by Gasteiger charge is -2.17. The van der Waals surface area contributed by atoms with Crippen molar-refractivity contribution < 1.29 is 9.67 Å². The molecule has 1 aromatic rings. The minimum atomic E-state index is -0.260. The van der Waals surface area contributed by atoms with Crippen molar-refractivity contribution >= 4 is 5.82 Å². The number of rotatable bonds is 0. The van der Waals surface area contributed by atoms with E-state index in [2.05, 4.69) is 11.4 Å². The first-order chi connectivity index (χ1) is 5.75. The number of pyridine rings is 1. The van der Waals surface area contributed by atoms with Gasteiger partial charge in [0.25, 0.3) is 5.82 Å². The third kappa shape index (κ3) is 1.28. The van der Waals surface area contributed by atoms with Crippen LogP contribution < -0.4 is 9.88 Å². The second-order valence-corrected chi connectivity index (χ2v) is 3.28. The van der Waals surface area contributed by atoms with Crippen LogP contribution >= 0.6 is 0 Å². The van der Waals surface area contributed by atoms with Crippen LogP contribution in [0.3, 0.4) is 0 Å². The van der Waals surface area contributed by atoms with Gasteiger partial charge in [0.05, 0.1) is 6.20 Å². The van der Waals surface area contributed by atoms with Gasteiger partial charge in [0, 0.05) is 6.07 Å². The highest BCUT2D eigenvalue weighted by Crippen LogP contribution is 2.06. The van der Waals surface area contributed by atoms with Crippen molar-refractivity contribution in [3.05, 3.63) is 23.9 Å². The summed E-state index contributed by atoms with van der Waals surface area (Å²) in [5, 5.41) is 12.5. The maximum Gasteiger partial charge on any atom is 0.274 e. The maximum absolute atomic E-state index is 9.36. The Kier molecular flexibility index (Phi) is 1.73. The van der Waals surface area contributed by atoms with E-state index in [0.29, 0.717) is 13.1 Å². The van der Waals surface area contributed by atoms with Crippen molar-refractivity contribution in [3.8, 4) is 0 Å². The first-order valence-electron chi connectivity index (χ1n) is 4.18. The summed E-state index contributed by atoms with van der Waals surface area (Å²) in [6.45, 7) is 3.40. The van der Waals surface area contributed by atoms with E-state index in [0.717, 1.165) is 5.82 Å². The molecule has 0 fully saturated rings. The van der Waals surface area contributed by atoms with E-state index in [-0.39, 0.29) is 6.10 Å². The Labute approximate surface area is 71.7 Å². The monoisotopic (exact) mass is 165 g/mol. The Morgan fingerprint density at radius 2 is 2.42 bits per heavy atom. The van der Waals surface area contributed by atoms with Gasteiger partial charge < -0.3 is 5.11 Å². The zero-order valence-electron chi connectivity index (χ0n) is 7.12. The molecule has 0 saturated heterocycles. The van der Waals surface area contributed by atoms with Gasteiger partial charge in [0.1, 0.15) is 19.2 Å². The first-order valence-corrected chi connectivity index (χ1v) is 4.18. The largest absolute Gasteiger partial charge is 0.385 e. The fourth-order valence-corrected chi connectivity index (χ4v) is 1.49. The smallest absolute Gasteiger partial charge is 0.274 e. The van der Waals surface area contributed by atoms with Crippen LogP contribution in [0.5, 0.6) is 0 Å². The summed E-state index contributed by atoms with van der Waals surface area (Å²) < 4.78 is 2.05. The normalized spacial score (nSPS) is 21.3. The second-order valence-electron chi connectivity index (χ2n) is 3.28. The molecule has 3 heteroatoms. The van der Waals surface area contributed by atoms with E-state index in [9.17, 15) is 5.11 Å². The summed E-state index contributed by atoms with van der Waals surface area (Å²) in [5.74, 6) is 1.09. The highest BCUT2D eigenvalue weighted by atomic mass is 16.3. The number of nitrogens with zero attached hydrogens (tertiary/aromatic N) is 1. The first kappa shape index (κ1) is 7.55. The number of aliphatic hydroxyl groups excluding tert-OH is 1. The Balaban J connectivity index is 2.37. The summed E-state index contributed by atoms with van der Waals surface area (Å²) in [4.78, 5) is 0. The molecule has 0 radical (unpaired) electrons. The van der Waals surface area contributed by atoms with Gasteiger partial charge in [-0.2, -0.15) is 0 Å². The SMILES string of the molecule is Cc1ccc2[n+](c1)C[C@H](O)CN2. The Bertz CT molecular complexity index is 299. The number of hydrogen-bond donors (Lipinski definition) is 2. The standard InChI is InChI=1S/C9H12N2O/c1-7-2-3-9-10-4-8(12)6-11(9)5-7/h2-3,5,8,12H,4,6H2,1H3/p+1/t8-/m1/s1. The third-order valence-corrected chi connectivity index (χ3v) is 2.10. The molecule has 2 N–H and O–H groups in total. The molecule has 0 saturated carbocycles. The number of anilines is 1. The van der Waals surface area contributed by atoms with E-state index >= 15 is 0 Å². The van der Waals surface area contributed by atoms with Gasteiger partial charge in [-0.05, 0) is 18.6 Å². The summed E-state index contributed by atoms with van der Waals surface area (Å²) in [7, 11) is 0. The average molecular weight is 165 g/mol. The molecule has 64 valence electrons. The molecule has 0 aromatic carbocycles. The molecule has 1 atom stereocenters. The molecule has 2 rings (SSSR count). The van der Waals surface area contributed by atoms with Crippen LogP contribution in [0.1, 0.15) is 5.56 Å². The molecule has 0 amide bonds. The van der Waals surface area contributed by atoms with Gasteiger partial charge in [0.2, 0.25) is 0 Å². The van der Waals surface area contributed by atoms with Crippen molar-refractivity contribution in [1.82, 2.24) is 0 Å². The topological polar surface area (TPSA) is 36.1 Å². The number of β-amino-alcohol motifs (C(OH)–C–C–N with tert-alkyl or cyclic N) is 1. The average Bonchev–Trinajstić information content (AvgIpc) is 2.03. The summed E-state index contributed by atoms with van der Waals surface area (Å²) >= 11 is 0. The maximum atomic E-state index is 9.36. The van der Waals surface area contributed by atoms with Gasteiger partial charge in [-0.1, -0.05) is 0 Å². The molecular weight excluding hydrogens is 152 g/mol. The van der Waals surface area contributed by atoms with Gasteiger partial charge in [0.15, 0.2) is 0 Å². The predicted octanol–water partition coefficient (Wildman–Crippen LogP) is 0.0689. The summed E-state index contributed by atoms with van der Waals surface area (Å²) in [6.07, 6.45) is 1.79. The van der Waals surface area contributed by atoms with Crippen molar-refractivity contribution in [2.75, 3.05) is 11.9 Å². The highest BCUT2D eigenvalue weighted by molar-refractivity contribution is 5.30. The molecule has 3 nitrogen and oxygen atoms in total. The van der Waals surface area contributed by atoms with E-state index < -0.39 is 0 Å². The molecule has 0 aliphatic carbocycles. The minimum Gasteiger partial charge on any atom is -0.385 e. The molecule has 0 spiro atoms. The molecule has 12 heavy (non-hydrogen) atoms. The zero-order chi connectivity index (χ0) is 8.55. The van der Waals surface area contributed by atoms with Crippen molar-refractivity contribution in [2.24, 2.45) is 0 Å². The highest BCUT2D eigenvalue weighted by Gasteiger charge is 2.20. The molecule has 2 heterocycles. The molecule has 0 bridgehead atoms. The fourth-order valence-electron chi connectivity index (χ4n) is 1.49. The van der Waals surface area contributed by atoms with E-state index in [1.165, 1.54) is 5.56 Å². The lowest BCUT2D eigenvalue weighted by atomic mass is 10.2. The predicted molar refractivity (Wildman–Crippen MR) is 45.9 cm³/mol. The quantitative estimate of drug-likeness (QED) is 0.534. The van der Waals surface area contributed by atoms with Gasteiger partial charge in [-0.15, -0.1) is 0 Å². The Morgan fingerprint density at radius 1 is 1.58 bits per heavy atom. The van der Waals surface area contributed by atoms with Crippen LogP contribution in [0.15, 0.2) is 18.3 Å². The van der Waals surface area contributed by atoms with Crippen LogP contribution in [0, 0.1) is 6.92 Å². The Hall–Kier alpha value is -1.09. The molecule has 0 unspecified atom stereocenters. The van der Waals surface area contributed by atoms with Crippen molar-refractivity contribution in [2.45, 2.75) is 19.6 Å². The minimum absolute atomic E-state index is 0.260. The molecule has 1 aromatic heterocycles. The van der Waals surface area contributed by atoms with E-state index in [1.807, 2.05) is 23.8 Å². The van der Waals surface area contributed by atoms with Crippen LogP contribution in [-0.4, -0.2) is 17.8 Å². The van der Waals surface area contributed by atoms with Crippen LogP contribution in [0.25, 0.3) is 0 Å². The number of nitrogens with one attached hydrogen (secondary N) is 1. The van der Waals surface area contributed by atoms with Gasteiger partial charge >= 0.3 is 0 Å². The fraction of sp³-hybridized carbons (Fsp3) is 0.444. The number of aromatic nitrogens is 1. The summed E-state index contributed by atoms with van der Waals surface area (Å²) in [5.41, 5.74) is 1.22. The van der Waals surface area contributed by atoms with E-state index in [1.54, 1.807) is 0 Å². The number of hydrogen-bond acceptors (Lipinski definition) is 2. The number of fused-ring (bicyclic) bond motifs is 1. The molecule has 1 aliphatic rings. The van der Waals surface area contributed by atoms with Crippen molar-refractivity contribution in [1.29, 1.82) is 0 Å². The van der Waals surface area contributed by atoms with Crippen molar-refractivity contribution in [3.63, 3.8) is 0 Å². The van der Waals surface area contributed by atoms with Gasteiger partial charge in [-0.25, -0.2) is 4.57 Å². The zero-order valence-corrected chi connectivity index (χ0v) is 7.12. The number of aliphatic hydroxyl groups is 1. The lowest BCUT2D eigenvalue weighted by molar-refractivity contribution is -0.693.